The third kappa shape index (κ3) is 3.90. The Morgan fingerprint density at radius 2 is 1.83 bits per heavy atom. The third-order valence-electron chi connectivity index (χ3n) is 6.78. The molecule has 0 saturated carbocycles. The van der Waals surface area contributed by atoms with E-state index in [1.807, 2.05) is 41.0 Å². The zero-order valence-electron chi connectivity index (χ0n) is 19.8. The number of thiazole rings is 1. The molecule has 4 aromatic rings. The molecule has 3 aromatic carbocycles. The van der Waals surface area contributed by atoms with E-state index in [1.165, 1.54) is 28.0 Å². The van der Waals surface area contributed by atoms with Crippen LogP contribution in [0, 0.1) is 3.57 Å². The van der Waals surface area contributed by atoms with Crippen LogP contribution in [-0.4, -0.2) is 18.8 Å². The number of hydrogen-bond acceptors (Lipinski definition) is 5. The molecule has 6 rings (SSSR count). The highest BCUT2D eigenvalue weighted by Crippen LogP contribution is 2.41. The molecule has 1 unspecified atom stereocenters. The van der Waals surface area contributed by atoms with Gasteiger partial charge in [-0.15, -0.1) is 0 Å². The van der Waals surface area contributed by atoms with E-state index >= 15 is 0 Å². The maximum Gasteiger partial charge on any atom is 0.271 e. The van der Waals surface area contributed by atoms with Crippen molar-refractivity contribution in [2.24, 2.45) is 4.99 Å². The fraction of sp³-hybridized carbons (Fsp3) is 0.172. The molecule has 0 N–H and O–H groups in total. The molecule has 1 aliphatic heterocycles. The second-order valence-corrected chi connectivity index (χ2v) is 11.0. The van der Waals surface area contributed by atoms with Gasteiger partial charge in [0.1, 0.15) is 11.5 Å². The van der Waals surface area contributed by atoms with Gasteiger partial charge in [-0.05, 0) is 88.0 Å². The van der Waals surface area contributed by atoms with E-state index in [1.54, 1.807) is 14.2 Å². The Kier molecular flexibility index (Phi) is 6.05. The second kappa shape index (κ2) is 9.37. The summed E-state index contributed by atoms with van der Waals surface area (Å²) >= 11 is 3.70. The van der Waals surface area contributed by atoms with Crippen LogP contribution in [0.25, 0.3) is 11.8 Å². The molecule has 0 radical (unpaired) electrons. The van der Waals surface area contributed by atoms with Crippen molar-refractivity contribution in [1.82, 2.24) is 4.57 Å². The van der Waals surface area contributed by atoms with Gasteiger partial charge in [0.15, 0.2) is 4.80 Å². The summed E-state index contributed by atoms with van der Waals surface area (Å²) in [5, 5.41) is 0. The number of aryl methyl sites for hydroxylation is 1. The van der Waals surface area contributed by atoms with Gasteiger partial charge < -0.3 is 9.47 Å². The molecule has 0 spiro atoms. The smallest absolute Gasteiger partial charge is 0.271 e. The monoisotopic (exact) mass is 606 g/mol. The number of halogens is 1. The first-order valence-electron chi connectivity index (χ1n) is 11.7. The number of hydrogen-bond donors (Lipinski definition) is 0. The maximum atomic E-state index is 13.9. The third-order valence-corrected chi connectivity index (χ3v) is 8.60. The normalized spacial score (nSPS) is 16.6. The number of benzene rings is 3. The molecule has 2 aliphatic rings. The largest absolute Gasteiger partial charge is 0.497 e. The molecule has 5 nitrogen and oxygen atoms in total. The van der Waals surface area contributed by atoms with Gasteiger partial charge in [-0.3, -0.25) is 9.36 Å². The zero-order chi connectivity index (χ0) is 24.8. The van der Waals surface area contributed by atoms with Crippen LogP contribution in [0.5, 0.6) is 11.5 Å². The first kappa shape index (κ1) is 23.2. The quantitative estimate of drug-likeness (QED) is 0.310. The van der Waals surface area contributed by atoms with Gasteiger partial charge in [0.05, 0.1) is 34.1 Å². The van der Waals surface area contributed by atoms with Crippen LogP contribution in [0.3, 0.4) is 0 Å². The number of rotatable bonds is 4. The number of allylic oxidation sites excluding steroid dienone is 1. The lowest BCUT2D eigenvalue weighted by atomic mass is 9.83. The Balaban J connectivity index is 1.58. The molecule has 0 bridgehead atoms. The SMILES string of the molecule is COc1ccc(C2C3=C(N=c4sc(=Cc5ccc(OC)c(I)c5)c(=O)n42)c2ccccc2CC3)cc1. The molecule has 2 heterocycles. The standard InChI is InChI=1S/C29H23IN2O3S/c1-34-20-11-8-19(9-12-20)27-22-13-10-18-5-3-4-6-21(18)26(22)31-29-32(27)28(33)25(36-29)16-17-7-14-24(35-2)23(30)15-17/h3-9,11-12,14-16,27H,10,13H2,1-2H3. The molecule has 0 fully saturated rings. The predicted molar refractivity (Wildman–Crippen MR) is 151 cm³/mol. The lowest BCUT2D eigenvalue weighted by Gasteiger charge is -2.30. The van der Waals surface area contributed by atoms with Gasteiger partial charge >= 0.3 is 0 Å². The van der Waals surface area contributed by atoms with Crippen LogP contribution in [0.2, 0.25) is 0 Å². The lowest BCUT2D eigenvalue weighted by molar-refractivity contribution is 0.412. The van der Waals surface area contributed by atoms with Gasteiger partial charge in [0.2, 0.25) is 0 Å². The van der Waals surface area contributed by atoms with Crippen LogP contribution >= 0.6 is 33.9 Å². The molecule has 36 heavy (non-hydrogen) atoms. The average Bonchev–Trinajstić information content (AvgIpc) is 3.22. The van der Waals surface area contributed by atoms with E-state index in [-0.39, 0.29) is 11.6 Å². The fourth-order valence-corrected chi connectivity index (χ4v) is 6.79. The van der Waals surface area contributed by atoms with E-state index in [0.717, 1.165) is 49.5 Å². The van der Waals surface area contributed by atoms with Crippen LogP contribution < -0.4 is 24.4 Å². The van der Waals surface area contributed by atoms with Crippen molar-refractivity contribution < 1.29 is 9.47 Å². The van der Waals surface area contributed by atoms with Gasteiger partial charge in [-0.25, -0.2) is 4.99 Å². The summed E-state index contributed by atoms with van der Waals surface area (Å²) in [6.45, 7) is 0. The highest BCUT2D eigenvalue weighted by molar-refractivity contribution is 14.1. The Bertz CT molecular complexity index is 1700. The van der Waals surface area contributed by atoms with Crippen LogP contribution in [0.15, 0.2) is 82.1 Å². The molecule has 7 heteroatoms. The number of methoxy groups -OCH3 is 2. The van der Waals surface area contributed by atoms with E-state index in [9.17, 15) is 4.79 Å². The topological polar surface area (TPSA) is 52.8 Å². The minimum atomic E-state index is -0.200. The van der Waals surface area contributed by atoms with Crippen molar-refractivity contribution in [3.63, 3.8) is 0 Å². The van der Waals surface area contributed by atoms with Gasteiger partial charge in [-0.1, -0.05) is 53.8 Å². The van der Waals surface area contributed by atoms with Crippen LogP contribution in [0.4, 0.5) is 0 Å². The minimum absolute atomic E-state index is 0.0178. The summed E-state index contributed by atoms with van der Waals surface area (Å²) < 4.78 is 14.3. The first-order chi connectivity index (χ1) is 17.6. The Labute approximate surface area is 226 Å². The maximum absolute atomic E-state index is 13.9. The number of aromatic nitrogens is 1. The van der Waals surface area contributed by atoms with Gasteiger partial charge in [-0.2, -0.15) is 0 Å². The summed E-state index contributed by atoms with van der Waals surface area (Å²) in [5.74, 6) is 1.61. The van der Waals surface area contributed by atoms with Crippen molar-refractivity contribution in [1.29, 1.82) is 0 Å². The number of ether oxygens (including phenoxy) is 2. The van der Waals surface area contributed by atoms with Gasteiger partial charge in [0.25, 0.3) is 5.56 Å². The van der Waals surface area contributed by atoms with Crippen molar-refractivity contribution in [2.45, 2.75) is 18.9 Å². The van der Waals surface area contributed by atoms with Crippen LogP contribution in [0.1, 0.15) is 34.7 Å². The predicted octanol–water partition coefficient (Wildman–Crippen LogP) is 4.94. The van der Waals surface area contributed by atoms with E-state index in [4.69, 9.17) is 14.5 Å². The van der Waals surface area contributed by atoms with Crippen molar-refractivity contribution >= 4 is 45.7 Å². The van der Waals surface area contributed by atoms with Crippen LogP contribution in [-0.2, 0) is 6.42 Å². The van der Waals surface area contributed by atoms with Gasteiger partial charge in [0, 0.05) is 5.56 Å². The fourth-order valence-electron chi connectivity index (χ4n) is 5.03. The summed E-state index contributed by atoms with van der Waals surface area (Å²) in [5.41, 5.74) is 6.67. The lowest BCUT2D eigenvalue weighted by Crippen LogP contribution is -2.38. The van der Waals surface area contributed by atoms with Crippen molar-refractivity contribution in [3.05, 3.63) is 118 Å². The van der Waals surface area contributed by atoms with E-state index in [2.05, 4.69) is 59.0 Å². The summed E-state index contributed by atoms with van der Waals surface area (Å²) in [6.07, 6.45) is 3.76. The van der Waals surface area contributed by atoms with E-state index < -0.39 is 0 Å². The molecule has 180 valence electrons. The molecule has 1 aromatic heterocycles. The molecular formula is C29H23IN2O3S. The number of fused-ring (bicyclic) bond motifs is 3. The Hall–Kier alpha value is -3.17. The van der Waals surface area contributed by atoms with E-state index in [0.29, 0.717) is 4.53 Å². The number of nitrogens with zero attached hydrogens (tertiary/aromatic N) is 2. The summed E-state index contributed by atoms with van der Waals surface area (Å²) in [6, 6.07) is 22.2. The molecule has 1 atom stereocenters. The summed E-state index contributed by atoms with van der Waals surface area (Å²) in [4.78, 5) is 19.7. The Morgan fingerprint density at radius 3 is 2.58 bits per heavy atom. The van der Waals surface area contributed by atoms with Crippen molar-refractivity contribution in [2.75, 3.05) is 14.2 Å². The zero-order valence-corrected chi connectivity index (χ0v) is 22.8. The van der Waals surface area contributed by atoms with Crippen molar-refractivity contribution in [3.8, 4) is 11.5 Å². The highest BCUT2D eigenvalue weighted by atomic mass is 127. The molecule has 1 aliphatic carbocycles. The summed E-state index contributed by atoms with van der Waals surface area (Å²) in [7, 11) is 3.32. The second-order valence-electron chi connectivity index (χ2n) is 8.78. The molecular weight excluding hydrogens is 583 g/mol. The first-order valence-corrected chi connectivity index (χ1v) is 13.6. The molecule has 0 saturated heterocycles. The minimum Gasteiger partial charge on any atom is -0.497 e. The molecule has 0 amide bonds. The average molecular weight is 606 g/mol. The highest BCUT2D eigenvalue weighted by Gasteiger charge is 2.32. The Morgan fingerprint density at radius 1 is 1.03 bits per heavy atom.